The maximum absolute atomic E-state index is 12.5. The van der Waals surface area contributed by atoms with Crippen molar-refractivity contribution in [3.05, 3.63) is 5.49 Å². The maximum Gasteiger partial charge on any atom is 0.493 e. The molecule has 2 aromatic rings. The van der Waals surface area contributed by atoms with Gasteiger partial charge in [-0.1, -0.05) is 0 Å². The van der Waals surface area contributed by atoms with Gasteiger partial charge in [-0.2, -0.15) is 23.1 Å². The van der Waals surface area contributed by atoms with Crippen molar-refractivity contribution in [2.75, 3.05) is 7.11 Å². The minimum Gasteiger partial charge on any atom is -0.468 e. The van der Waals surface area contributed by atoms with Crippen molar-refractivity contribution in [3.8, 4) is 12.0 Å². The Labute approximate surface area is 131 Å². The van der Waals surface area contributed by atoms with E-state index in [0.717, 1.165) is 6.42 Å². The van der Waals surface area contributed by atoms with Gasteiger partial charge in [0.25, 0.3) is 6.01 Å². The van der Waals surface area contributed by atoms with Crippen molar-refractivity contribution in [3.63, 3.8) is 0 Å². The lowest BCUT2D eigenvalue weighted by Gasteiger charge is -2.26. The van der Waals surface area contributed by atoms with E-state index in [1.54, 1.807) is 0 Å². The summed E-state index contributed by atoms with van der Waals surface area (Å²) < 4.78 is 47.9. The van der Waals surface area contributed by atoms with Gasteiger partial charge >= 0.3 is 18.2 Å². The highest BCUT2D eigenvalue weighted by molar-refractivity contribution is 5.76. The van der Waals surface area contributed by atoms with Crippen LogP contribution in [0.2, 0.25) is 0 Å². The van der Waals surface area contributed by atoms with Crippen LogP contribution in [0.4, 0.5) is 13.2 Å². The van der Waals surface area contributed by atoms with Crippen LogP contribution in [0.5, 0.6) is 12.0 Å². The van der Waals surface area contributed by atoms with Crippen molar-refractivity contribution in [1.29, 1.82) is 5.41 Å². The number of hydrogen-bond donors (Lipinski definition) is 2. The summed E-state index contributed by atoms with van der Waals surface area (Å²) in [5.74, 6) is -2.49. The van der Waals surface area contributed by atoms with Gasteiger partial charge in [0, 0.05) is 0 Å². The molecule has 2 N–H and O–H groups in total. The van der Waals surface area contributed by atoms with Gasteiger partial charge in [0.1, 0.15) is 11.6 Å². The largest absolute Gasteiger partial charge is 0.493 e. The molecule has 0 aliphatic heterocycles. The number of aromatic nitrogens is 4. The number of nitrogens with one attached hydrogen (secondary N) is 2. The predicted molar refractivity (Wildman–Crippen MR) is 70.2 cm³/mol. The molecule has 130 valence electrons. The summed E-state index contributed by atoms with van der Waals surface area (Å²) in [5, 5.41) is 7.96. The molecule has 0 bridgehead atoms. The molecule has 2 heterocycles. The molecule has 24 heavy (non-hydrogen) atoms. The normalized spacial score (nSPS) is 15.2. The van der Waals surface area contributed by atoms with Crippen LogP contribution in [0.15, 0.2) is 0 Å². The Hall–Kier alpha value is -2.79. The molecule has 1 saturated carbocycles. The zero-order chi connectivity index (χ0) is 17.5. The van der Waals surface area contributed by atoms with E-state index in [2.05, 4.69) is 19.8 Å². The average Bonchev–Trinajstić information content (AvgIpc) is 2.88. The average molecular weight is 347 g/mol. The first kappa shape index (κ1) is 16.1. The number of methoxy groups -OCH3 is 1. The number of nitrogens with zero attached hydrogens (tertiary/aromatic N) is 3. The van der Waals surface area contributed by atoms with Gasteiger partial charge in [-0.3, -0.25) is 5.41 Å². The summed E-state index contributed by atoms with van der Waals surface area (Å²) >= 11 is 0. The van der Waals surface area contributed by atoms with E-state index in [4.69, 9.17) is 14.9 Å². The number of imidazole rings is 1. The summed E-state index contributed by atoms with van der Waals surface area (Å²) in [6.07, 6.45) is -3.23. The first-order valence-corrected chi connectivity index (χ1v) is 6.87. The molecule has 1 fully saturated rings. The van der Waals surface area contributed by atoms with E-state index >= 15 is 0 Å². The molecule has 1 aliphatic carbocycles. The van der Waals surface area contributed by atoms with Crippen molar-refractivity contribution in [1.82, 2.24) is 19.7 Å². The molecule has 3 rings (SSSR count). The number of H-pyrrole nitrogens is 1. The highest BCUT2D eigenvalue weighted by Crippen LogP contribution is 2.24. The van der Waals surface area contributed by atoms with Gasteiger partial charge in [-0.05, 0) is 19.3 Å². The predicted octanol–water partition coefficient (Wildman–Crippen LogP) is 0.696. The van der Waals surface area contributed by atoms with Crippen LogP contribution in [-0.4, -0.2) is 45.0 Å². The number of halogens is 3. The molecule has 0 unspecified atom stereocenters. The minimum atomic E-state index is -5.23. The van der Waals surface area contributed by atoms with E-state index in [1.165, 1.54) is 7.11 Å². The summed E-state index contributed by atoms with van der Waals surface area (Å²) in [7, 11) is 1.31. The smallest absolute Gasteiger partial charge is 0.468 e. The fourth-order valence-electron chi connectivity index (χ4n) is 1.95. The van der Waals surface area contributed by atoms with Gasteiger partial charge in [0.15, 0.2) is 11.1 Å². The summed E-state index contributed by atoms with van der Waals surface area (Å²) in [5.41, 5.74) is -0.684. The van der Waals surface area contributed by atoms with Crippen LogP contribution in [0, 0.1) is 5.41 Å². The topological polar surface area (TPSA) is 115 Å². The van der Waals surface area contributed by atoms with Crippen molar-refractivity contribution < 1.29 is 32.3 Å². The van der Waals surface area contributed by atoms with Crippen molar-refractivity contribution in [2.24, 2.45) is 0 Å². The second kappa shape index (κ2) is 5.69. The van der Waals surface area contributed by atoms with Crippen molar-refractivity contribution >= 4 is 17.1 Å². The Bertz CT molecular complexity index is 840. The molecular weight excluding hydrogens is 335 g/mol. The second-order valence-electron chi connectivity index (χ2n) is 5.03. The first-order valence-electron chi connectivity index (χ1n) is 6.87. The third kappa shape index (κ3) is 2.86. The highest BCUT2D eigenvalue weighted by Gasteiger charge is 2.42. The Morgan fingerprint density at radius 1 is 1.38 bits per heavy atom. The standard InChI is InChI=1S/C12H12F3N5O4/c1-22-10-17-6-7(16)20(24-9(21)12(13,14)15)11(19-8(6)18-10)23-5-3-2-4-5/h5,16H,2-4H2,1H3,(H,17,18). The molecule has 0 radical (unpaired) electrons. The summed E-state index contributed by atoms with van der Waals surface area (Å²) in [4.78, 5) is 25.7. The first-order chi connectivity index (χ1) is 11.3. The van der Waals surface area contributed by atoms with Gasteiger partial charge in [-0.15, -0.1) is 4.73 Å². The number of alkyl halides is 3. The van der Waals surface area contributed by atoms with Crippen molar-refractivity contribution in [2.45, 2.75) is 31.5 Å². The zero-order valence-electron chi connectivity index (χ0n) is 12.3. The zero-order valence-corrected chi connectivity index (χ0v) is 12.3. The molecule has 0 spiro atoms. The molecule has 0 saturated heterocycles. The van der Waals surface area contributed by atoms with Gasteiger partial charge in [0.05, 0.1) is 7.11 Å². The summed E-state index contributed by atoms with van der Waals surface area (Å²) in [6.45, 7) is 0. The Morgan fingerprint density at radius 2 is 2.08 bits per heavy atom. The molecule has 1 aliphatic rings. The number of carbonyl (C=O) groups excluding carboxylic acids is 1. The van der Waals surface area contributed by atoms with E-state index in [9.17, 15) is 18.0 Å². The molecule has 0 aromatic carbocycles. The van der Waals surface area contributed by atoms with Gasteiger partial charge in [-0.25, -0.2) is 4.79 Å². The van der Waals surface area contributed by atoms with E-state index in [1.807, 2.05) is 0 Å². The van der Waals surface area contributed by atoms with E-state index < -0.39 is 23.6 Å². The number of aromatic amines is 1. The van der Waals surface area contributed by atoms with Crippen LogP contribution in [0.3, 0.4) is 0 Å². The van der Waals surface area contributed by atoms with Crippen LogP contribution in [0.25, 0.3) is 11.2 Å². The quantitative estimate of drug-likeness (QED) is 0.841. The maximum atomic E-state index is 12.5. The molecule has 2 aromatic heterocycles. The number of carbonyl (C=O) groups is 1. The number of fused-ring (bicyclic) bond motifs is 1. The Morgan fingerprint density at radius 3 is 2.62 bits per heavy atom. The van der Waals surface area contributed by atoms with Crippen LogP contribution in [-0.2, 0) is 4.79 Å². The van der Waals surface area contributed by atoms with Gasteiger partial charge in [0.2, 0.25) is 0 Å². The highest BCUT2D eigenvalue weighted by atomic mass is 19.4. The molecule has 12 heteroatoms. The lowest BCUT2D eigenvalue weighted by molar-refractivity contribution is -0.201. The number of ether oxygens (including phenoxy) is 2. The van der Waals surface area contributed by atoms with Crippen LogP contribution in [0.1, 0.15) is 19.3 Å². The number of rotatable bonds is 4. The molecule has 0 atom stereocenters. The number of hydrogen-bond acceptors (Lipinski definition) is 7. The van der Waals surface area contributed by atoms with E-state index in [-0.39, 0.29) is 28.0 Å². The fourth-order valence-corrected chi connectivity index (χ4v) is 1.95. The SMILES string of the molecule is COc1nc2nc(OC3CCC3)n(OC(=O)C(F)(F)F)c(=N)c2[nH]1. The summed E-state index contributed by atoms with van der Waals surface area (Å²) in [6, 6.07) is -0.454. The lowest BCUT2D eigenvalue weighted by atomic mass is 9.96. The minimum absolute atomic E-state index is 0.000456. The monoisotopic (exact) mass is 347 g/mol. The third-order valence-corrected chi connectivity index (χ3v) is 3.40. The van der Waals surface area contributed by atoms with Crippen LogP contribution < -0.4 is 19.8 Å². The Balaban J connectivity index is 2.07. The van der Waals surface area contributed by atoms with Gasteiger partial charge < -0.3 is 19.3 Å². The molecule has 9 nitrogen and oxygen atoms in total. The fraction of sp³-hybridized carbons (Fsp3) is 0.500. The lowest BCUT2D eigenvalue weighted by Crippen LogP contribution is -2.40. The van der Waals surface area contributed by atoms with Crippen LogP contribution >= 0.6 is 0 Å². The molecular formula is C12H12F3N5O4. The van der Waals surface area contributed by atoms with E-state index in [0.29, 0.717) is 12.8 Å². The third-order valence-electron chi connectivity index (χ3n) is 3.40. The Kier molecular flexibility index (Phi) is 3.81. The second-order valence-corrected chi connectivity index (χ2v) is 5.03. The molecule has 0 amide bonds.